The Labute approximate surface area is 203 Å². The molecule has 0 atom stereocenters. The lowest BCUT2D eigenvalue weighted by molar-refractivity contribution is -0.140. The molecule has 0 unspecified atom stereocenters. The number of rotatable bonds is 5. The van der Waals surface area contributed by atoms with E-state index < -0.39 is 11.9 Å². The van der Waals surface area contributed by atoms with Crippen molar-refractivity contribution in [3.63, 3.8) is 0 Å². The van der Waals surface area contributed by atoms with Crippen molar-refractivity contribution in [3.8, 4) is 22.9 Å². The van der Waals surface area contributed by atoms with Crippen LogP contribution in [-0.2, 0) is 19.8 Å². The maximum absolute atomic E-state index is 13.2. The van der Waals surface area contributed by atoms with E-state index in [-0.39, 0.29) is 24.0 Å². The Morgan fingerprint density at radius 2 is 1.75 bits per heavy atom. The van der Waals surface area contributed by atoms with Crippen LogP contribution in [0.5, 0.6) is 0 Å². The molecule has 0 amide bonds. The minimum absolute atomic E-state index is 0.203. The molecule has 11 heteroatoms. The summed E-state index contributed by atoms with van der Waals surface area (Å²) in [6.45, 7) is 3.82. The van der Waals surface area contributed by atoms with Crippen LogP contribution in [0, 0.1) is 0 Å². The normalized spacial score (nSPS) is 12.1. The van der Waals surface area contributed by atoms with Gasteiger partial charge in [0, 0.05) is 48.7 Å². The number of imidazole rings is 1. The van der Waals surface area contributed by atoms with Gasteiger partial charge in [-0.3, -0.25) is 14.0 Å². The van der Waals surface area contributed by atoms with Gasteiger partial charge in [-0.15, -0.1) is 0 Å². The van der Waals surface area contributed by atoms with Crippen LogP contribution in [0.4, 0.5) is 13.2 Å². The molecule has 0 N–H and O–H groups in total. The SMILES string of the molecule is CC(C)n1cc(C(F)(F)F)nc1-c1ccc(Cn2c(=O)ccc3cnc(-c4ccn(C)n4)nc32)cc1. The Morgan fingerprint density at radius 3 is 2.39 bits per heavy atom. The standard InChI is InChI=1S/C25H22F3N7O/c1-15(2)34-14-20(25(26,27)28)30-23(34)17-6-4-16(5-7-17)13-35-21(36)9-8-18-12-29-22(31-24(18)35)19-10-11-33(3)32-19/h4-12,14-15H,13H2,1-3H3. The van der Waals surface area contributed by atoms with Gasteiger partial charge in [-0.05, 0) is 31.5 Å². The van der Waals surface area contributed by atoms with Gasteiger partial charge >= 0.3 is 6.18 Å². The summed E-state index contributed by atoms with van der Waals surface area (Å²) >= 11 is 0. The summed E-state index contributed by atoms with van der Waals surface area (Å²) in [7, 11) is 1.79. The fourth-order valence-electron chi connectivity index (χ4n) is 3.96. The van der Waals surface area contributed by atoms with E-state index in [4.69, 9.17) is 0 Å². The van der Waals surface area contributed by atoms with Crippen LogP contribution in [-0.4, -0.2) is 33.9 Å². The zero-order valence-corrected chi connectivity index (χ0v) is 19.7. The second-order valence-corrected chi connectivity index (χ2v) is 8.75. The maximum atomic E-state index is 13.2. The highest BCUT2D eigenvalue weighted by Gasteiger charge is 2.35. The molecule has 0 bridgehead atoms. The molecule has 0 aliphatic heterocycles. The molecule has 5 aromatic rings. The van der Waals surface area contributed by atoms with Crippen LogP contribution in [0.1, 0.15) is 31.1 Å². The van der Waals surface area contributed by atoms with Crippen molar-refractivity contribution >= 4 is 11.0 Å². The number of hydrogen-bond donors (Lipinski definition) is 0. The molecule has 5 rings (SSSR count). The van der Waals surface area contributed by atoms with Crippen molar-refractivity contribution in [2.24, 2.45) is 7.05 Å². The van der Waals surface area contributed by atoms with Gasteiger partial charge in [0.25, 0.3) is 5.56 Å². The van der Waals surface area contributed by atoms with Crippen molar-refractivity contribution in [1.29, 1.82) is 0 Å². The summed E-state index contributed by atoms with van der Waals surface area (Å²) in [6, 6.07) is 11.7. The second kappa shape index (κ2) is 8.74. The topological polar surface area (TPSA) is 83.4 Å². The van der Waals surface area contributed by atoms with Gasteiger partial charge in [-0.2, -0.15) is 18.3 Å². The smallest absolute Gasteiger partial charge is 0.328 e. The summed E-state index contributed by atoms with van der Waals surface area (Å²) in [5.74, 6) is 0.637. The van der Waals surface area contributed by atoms with E-state index in [1.165, 1.54) is 15.2 Å². The molecule has 184 valence electrons. The van der Waals surface area contributed by atoms with Gasteiger partial charge in [0.2, 0.25) is 0 Å². The quantitative estimate of drug-likeness (QED) is 0.354. The lowest BCUT2D eigenvalue weighted by Gasteiger charge is -2.13. The van der Waals surface area contributed by atoms with Crippen LogP contribution < -0.4 is 5.56 Å². The van der Waals surface area contributed by atoms with Gasteiger partial charge in [-0.25, -0.2) is 15.0 Å². The van der Waals surface area contributed by atoms with E-state index in [0.717, 1.165) is 11.8 Å². The van der Waals surface area contributed by atoms with E-state index in [1.807, 2.05) is 0 Å². The number of nitrogens with zero attached hydrogens (tertiary/aromatic N) is 7. The van der Waals surface area contributed by atoms with Crippen LogP contribution in [0.3, 0.4) is 0 Å². The van der Waals surface area contributed by atoms with Gasteiger partial charge in [0.05, 0.1) is 6.54 Å². The van der Waals surface area contributed by atoms with E-state index in [0.29, 0.717) is 28.1 Å². The molecule has 8 nitrogen and oxygen atoms in total. The summed E-state index contributed by atoms with van der Waals surface area (Å²) in [4.78, 5) is 25.6. The molecule has 4 heterocycles. The summed E-state index contributed by atoms with van der Waals surface area (Å²) in [6.07, 6.45) is -0.0665. The molecular formula is C25H22F3N7O. The predicted molar refractivity (Wildman–Crippen MR) is 128 cm³/mol. The zero-order chi connectivity index (χ0) is 25.6. The fraction of sp³-hybridized carbons (Fsp3) is 0.240. The van der Waals surface area contributed by atoms with Crippen LogP contribution >= 0.6 is 0 Å². The fourth-order valence-corrected chi connectivity index (χ4v) is 3.96. The van der Waals surface area contributed by atoms with Crippen molar-refractivity contribution in [2.75, 3.05) is 0 Å². The number of aromatic nitrogens is 7. The van der Waals surface area contributed by atoms with Gasteiger partial charge < -0.3 is 4.57 Å². The van der Waals surface area contributed by atoms with E-state index in [1.54, 1.807) is 74.4 Å². The predicted octanol–water partition coefficient (Wildman–Crippen LogP) is 4.70. The van der Waals surface area contributed by atoms with Gasteiger partial charge in [0.15, 0.2) is 11.5 Å². The average molecular weight is 493 g/mol. The molecule has 0 radical (unpaired) electrons. The first-order valence-electron chi connectivity index (χ1n) is 11.2. The van der Waals surface area contributed by atoms with Crippen LogP contribution in [0.2, 0.25) is 0 Å². The Kier molecular flexibility index (Phi) is 5.70. The Bertz CT molecular complexity index is 1610. The van der Waals surface area contributed by atoms with Crippen molar-refractivity contribution in [1.82, 2.24) is 33.9 Å². The number of alkyl halides is 3. The first-order chi connectivity index (χ1) is 17.1. The first kappa shape index (κ1) is 23.5. The number of hydrogen-bond acceptors (Lipinski definition) is 5. The Hall–Kier alpha value is -4.28. The van der Waals surface area contributed by atoms with Crippen LogP contribution in [0.25, 0.3) is 33.9 Å². The Balaban J connectivity index is 1.50. The van der Waals surface area contributed by atoms with E-state index >= 15 is 0 Å². The van der Waals surface area contributed by atoms with Gasteiger partial charge in [-0.1, -0.05) is 24.3 Å². The largest absolute Gasteiger partial charge is 0.434 e. The zero-order valence-electron chi connectivity index (χ0n) is 19.7. The van der Waals surface area contributed by atoms with Crippen molar-refractivity contribution in [3.05, 3.63) is 82.7 Å². The number of halogens is 3. The molecule has 0 aliphatic rings. The van der Waals surface area contributed by atoms with Crippen molar-refractivity contribution in [2.45, 2.75) is 32.6 Å². The molecule has 0 saturated heterocycles. The molecule has 0 aliphatic carbocycles. The molecule has 1 aromatic carbocycles. The lowest BCUT2D eigenvalue weighted by atomic mass is 10.1. The van der Waals surface area contributed by atoms with Gasteiger partial charge in [0.1, 0.15) is 17.2 Å². The molecular weight excluding hydrogens is 471 g/mol. The van der Waals surface area contributed by atoms with Crippen molar-refractivity contribution < 1.29 is 13.2 Å². The van der Waals surface area contributed by atoms with Crippen LogP contribution in [0.15, 0.2) is 65.8 Å². The molecule has 0 saturated carbocycles. The molecule has 36 heavy (non-hydrogen) atoms. The minimum atomic E-state index is -4.53. The Morgan fingerprint density at radius 1 is 1.00 bits per heavy atom. The first-order valence-corrected chi connectivity index (χ1v) is 11.2. The summed E-state index contributed by atoms with van der Waals surface area (Å²) < 4.78 is 44.4. The minimum Gasteiger partial charge on any atom is -0.328 e. The molecule has 0 fully saturated rings. The van der Waals surface area contributed by atoms with E-state index in [2.05, 4.69) is 20.1 Å². The third-order valence-electron chi connectivity index (χ3n) is 5.80. The monoisotopic (exact) mass is 493 g/mol. The molecule has 0 spiro atoms. The third-order valence-corrected chi connectivity index (χ3v) is 5.80. The second-order valence-electron chi connectivity index (χ2n) is 8.75. The number of aryl methyl sites for hydroxylation is 1. The summed E-state index contributed by atoms with van der Waals surface area (Å²) in [5, 5.41) is 5.02. The third kappa shape index (κ3) is 4.39. The highest BCUT2D eigenvalue weighted by molar-refractivity contribution is 5.76. The van der Waals surface area contributed by atoms with E-state index in [9.17, 15) is 18.0 Å². The maximum Gasteiger partial charge on any atom is 0.434 e. The highest BCUT2D eigenvalue weighted by Crippen LogP contribution is 2.32. The summed E-state index contributed by atoms with van der Waals surface area (Å²) in [5.41, 5.74) is 1.22. The highest BCUT2D eigenvalue weighted by atomic mass is 19.4. The number of pyridine rings is 1. The number of fused-ring (bicyclic) bond motifs is 1. The molecule has 4 aromatic heterocycles. The average Bonchev–Trinajstić information content (AvgIpc) is 3.48. The lowest BCUT2D eigenvalue weighted by Crippen LogP contribution is -2.21. The number of benzene rings is 1.